The summed E-state index contributed by atoms with van der Waals surface area (Å²) in [6.07, 6.45) is 2.75. The van der Waals surface area contributed by atoms with Crippen molar-refractivity contribution in [3.63, 3.8) is 0 Å². The number of rotatable bonds is 7. The van der Waals surface area contributed by atoms with E-state index in [0.29, 0.717) is 18.1 Å². The number of benzene rings is 1. The standard InChI is InChI=1S/C20H19ClN2O2S/c1-2-3-8-24-18-6-4-14(21)9-13(18)10-15-5-7-19(25-15)20-22-16-11-26-12-17(16)23-20/h4-7,9,11-12H,2-3,8,10H2,1H3,(H,22,23). The number of unbranched alkanes of at least 4 members (excludes halogenated alkanes) is 1. The monoisotopic (exact) mass is 386 g/mol. The Bertz CT molecular complexity index is 989. The van der Waals surface area contributed by atoms with Gasteiger partial charge in [0.1, 0.15) is 11.5 Å². The number of thiophene rings is 1. The second-order valence-electron chi connectivity index (χ2n) is 6.15. The van der Waals surface area contributed by atoms with Gasteiger partial charge < -0.3 is 14.1 Å². The highest BCUT2D eigenvalue weighted by molar-refractivity contribution is 7.09. The normalized spacial score (nSPS) is 11.3. The van der Waals surface area contributed by atoms with Crippen LogP contribution in [0.3, 0.4) is 0 Å². The van der Waals surface area contributed by atoms with Gasteiger partial charge in [0, 0.05) is 27.8 Å². The highest BCUT2D eigenvalue weighted by atomic mass is 35.5. The summed E-state index contributed by atoms with van der Waals surface area (Å²) < 4.78 is 11.9. The Balaban J connectivity index is 1.55. The molecule has 0 bridgehead atoms. The lowest BCUT2D eigenvalue weighted by Crippen LogP contribution is -2.00. The lowest BCUT2D eigenvalue weighted by molar-refractivity contribution is 0.306. The van der Waals surface area contributed by atoms with E-state index in [2.05, 4.69) is 16.9 Å². The summed E-state index contributed by atoms with van der Waals surface area (Å²) in [4.78, 5) is 7.84. The van der Waals surface area contributed by atoms with Crippen molar-refractivity contribution in [2.45, 2.75) is 26.2 Å². The summed E-state index contributed by atoms with van der Waals surface area (Å²) in [5.41, 5.74) is 3.02. The number of aromatic amines is 1. The molecule has 0 amide bonds. The van der Waals surface area contributed by atoms with Gasteiger partial charge in [0.25, 0.3) is 0 Å². The lowest BCUT2D eigenvalue weighted by Gasteiger charge is -2.11. The van der Waals surface area contributed by atoms with Gasteiger partial charge in [-0.15, -0.1) is 11.3 Å². The molecule has 0 saturated carbocycles. The van der Waals surface area contributed by atoms with Crippen LogP contribution < -0.4 is 4.74 Å². The average Bonchev–Trinajstić information content (AvgIpc) is 3.32. The highest BCUT2D eigenvalue weighted by Gasteiger charge is 2.13. The Labute approximate surface area is 160 Å². The molecule has 0 aliphatic carbocycles. The maximum absolute atomic E-state index is 6.18. The molecule has 0 aliphatic heterocycles. The molecule has 0 fully saturated rings. The average molecular weight is 387 g/mol. The minimum atomic E-state index is 0.622. The third-order valence-corrected chi connectivity index (χ3v) is 5.13. The molecule has 3 aromatic heterocycles. The number of H-pyrrole nitrogens is 1. The van der Waals surface area contributed by atoms with Gasteiger partial charge in [-0.25, -0.2) is 4.98 Å². The molecule has 3 heterocycles. The third-order valence-electron chi connectivity index (χ3n) is 4.16. The topological polar surface area (TPSA) is 51.0 Å². The Morgan fingerprint density at radius 2 is 2.15 bits per heavy atom. The minimum absolute atomic E-state index is 0.622. The predicted octanol–water partition coefficient (Wildman–Crippen LogP) is 6.31. The van der Waals surface area contributed by atoms with Crippen LogP contribution >= 0.6 is 22.9 Å². The largest absolute Gasteiger partial charge is 0.493 e. The Kier molecular flexibility index (Phi) is 5.00. The summed E-state index contributed by atoms with van der Waals surface area (Å²) in [5.74, 6) is 3.19. The maximum atomic E-state index is 6.18. The van der Waals surface area contributed by atoms with Crippen molar-refractivity contribution in [2.75, 3.05) is 6.61 Å². The zero-order valence-electron chi connectivity index (χ0n) is 14.4. The van der Waals surface area contributed by atoms with Crippen LogP contribution in [0.1, 0.15) is 31.1 Å². The van der Waals surface area contributed by atoms with Gasteiger partial charge in [-0.1, -0.05) is 24.9 Å². The van der Waals surface area contributed by atoms with Crippen LogP contribution in [0.5, 0.6) is 5.75 Å². The molecule has 4 rings (SSSR count). The van der Waals surface area contributed by atoms with Crippen molar-refractivity contribution in [2.24, 2.45) is 0 Å². The third kappa shape index (κ3) is 3.64. The molecule has 6 heteroatoms. The fraction of sp³-hybridized carbons (Fsp3) is 0.250. The zero-order chi connectivity index (χ0) is 17.9. The van der Waals surface area contributed by atoms with Gasteiger partial charge in [0.05, 0.1) is 17.6 Å². The molecule has 0 radical (unpaired) electrons. The Hall–Kier alpha value is -2.24. The first-order valence-electron chi connectivity index (χ1n) is 8.65. The summed E-state index contributed by atoms with van der Waals surface area (Å²) in [6.45, 7) is 2.85. The molecule has 0 saturated heterocycles. The van der Waals surface area contributed by atoms with Crippen molar-refractivity contribution in [1.29, 1.82) is 0 Å². The molecule has 4 aromatic rings. The van der Waals surface area contributed by atoms with E-state index in [-0.39, 0.29) is 0 Å². The van der Waals surface area contributed by atoms with Gasteiger partial charge in [0.15, 0.2) is 11.6 Å². The number of furan rings is 1. The van der Waals surface area contributed by atoms with E-state index in [4.69, 9.17) is 20.8 Å². The number of hydrogen-bond donors (Lipinski definition) is 1. The quantitative estimate of drug-likeness (QED) is 0.379. The summed E-state index contributed by atoms with van der Waals surface area (Å²) in [6, 6.07) is 9.64. The van der Waals surface area contributed by atoms with Crippen molar-refractivity contribution in [1.82, 2.24) is 9.97 Å². The van der Waals surface area contributed by atoms with Crippen LogP contribution in [0, 0.1) is 0 Å². The number of hydrogen-bond acceptors (Lipinski definition) is 4. The molecule has 26 heavy (non-hydrogen) atoms. The molecular formula is C20H19ClN2O2S. The summed E-state index contributed by atoms with van der Waals surface area (Å²) in [5, 5.41) is 4.76. The molecule has 0 atom stereocenters. The van der Waals surface area contributed by atoms with E-state index in [0.717, 1.165) is 52.5 Å². The summed E-state index contributed by atoms with van der Waals surface area (Å²) in [7, 11) is 0. The molecular weight excluding hydrogens is 368 g/mol. The SMILES string of the molecule is CCCCOc1ccc(Cl)cc1Cc1ccc(-c2nc3cscc3[nH]2)o1. The molecule has 0 spiro atoms. The van der Waals surface area contributed by atoms with Gasteiger partial charge in [-0.2, -0.15) is 0 Å². The van der Waals surface area contributed by atoms with Crippen LogP contribution in [0.25, 0.3) is 22.6 Å². The fourth-order valence-corrected chi connectivity index (χ4v) is 3.69. The Morgan fingerprint density at radius 1 is 1.23 bits per heavy atom. The van der Waals surface area contributed by atoms with Gasteiger partial charge in [0.2, 0.25) is 0 Å². The van der Waals surface area contributed by atoms with E-state index in [1.54, 1.807) is 11.3 Å². The zero-order valence-corrected chi connectivity index (χ0v) is 16.0. The molecule has 1 aromatic carbocycles. The number of halogens is 1. The molecule has 0 unspecified atom stereocenters. The van der Waals surface area contributed by atoms with Crippen LogP contribution in [0.15, 0.2) is 45.5 Å². The number of ether oxygens (including phenoxy) is 1. The van der Waals surface area contributed by atoms with Crippen molar-refractivity contribution in [3.8, 4) is 17.3 Å². The smallest absolute Gasteiger partial charge is 0.174 e. The van der Waals surface area contributed by atoms with E-state index in [9.17, 15) is 0 Å². The van der Waals surface area contributed by atoms with E-state index in [1.165, 1.54) is 0 Å². The van der Waals surface area contributed by atoms with E-state index >= 15 is 0 Å². The number of fused-ring (bicyclic) bond motifs is 1. The first-order chi connectivity index (χ1) is 12.7. The molecule has 134 valence electrons. The van der Waals surface area contributed by atoms with Crippen LogP contribution in [-0.4, -0.2) is 16.6 Å². The van der Waals surface area contributed by atoms with Crippen molar-refractivity contribution >= 4 is 34.0 Å². The minimum Gasteiger partial charge on any atom is -0.493 e. The number of nitrogens with one attached hydrogen (secondary N) is 1. The molecule has 1 N–H and O–H groups in total. The predicted molar refractivity (Wildman–Crippen MR) is 106 cm³/mol. The van der Waals surface area contributed by atoms with Gasteiger partial charge >= 0.3 is 0 Å². The number of imidazole rings is 1. The van der Waals surface area contributed by atoms with Crippen molar-refractivity contribution < 1.29 is 9.15 Å². The fourth-order valence-electron chi connectivity index (χ4n) is 2.80. The second-order valence-corrected chi connectivity index (χ2v) is 7.33. The Morgan fingerprint density at radius 3 is 3.00 bits per heavy atom. The van der Waals surface area contributed by atoms with E-state index in [1.807, 2.05) is 41.1 Å². The number of aromatic nitrogens is 2. The van der Waals surface area contributed by atoms with Crippen molar-refractivity contribution in [3.05, 3.63) is 57.4 Å². The highest BCUT2D eigenvalue weighted by Crippen LogP contribution is 2.29. The lowest BCUT2D eigenvalue weighted by atomic mass is 10.1. The van der Waals surface area contributed by atoms with Gasteiger partial charge in [-0.3, -0.25) is 0 Å². The maximum Gasteiger partial charge on any atom is 0.174 e. The second kappa shape index (κ2) is 7.56. The van der Waals surface area contributed by atoms with E-state index < -0.39 is 0 Å². The van der Waals surface area contributed by atoms with Gasteiger partial charge in [-0.05, 0) is 36.8 Å². The molecule has 4 nitrogen and oxygen atoms in total. The van der Waals surface area contributed by atoms with Crippen LogP contribution in [-0.2, 0) is 6.42 Å². The van der Waals surface area contributed by atoms with Crippen LogP contribution in [0.2, 0.25) is 5.02 Å². The number of nitrogens with zero attached hydrogens (tertiary/aromatic N) is 1. The van der Waals surface area contributed by atoms with Crippen LogP contribution in [0.4, 0.5) is 0 Å². The first kappa shape index (κ1) is 17.2. The first-order valence-corrected chi connectivity index (χ1v) is 9.97. The summed E-state index contributed by atoms with van der Waals surface area (Å²) >= 11 is 7.81. The molecule has 0 aliphatic rings.